The summed E-state index contributed by atoms with van der Waals surface area (Å²) >= 11 is 0. The standard InChI is InChI=1S/C16H18N2O3/c1-20-14-6-2-11(3-7-14)9-21-10-13-5-4-12(16(18)19)8-15(13)17/h2-8H,9-10,17H2,1H3,(H2,18,19). The number of benzene rings is 2. The fraction of sp³-hybridized carbons (Fsp3) is 0.188. The van der Waals surface area contributed by atoms with E-state index < -0.39 is 5.91 Å². The van der Waals surface area contributed by atoms with Gasteiger partial charge in [-0.15, -0.1) is 0 Å². The maximum atomic E-state index is 11.0. The van der Waals surface area contributed by atoms with Crippen molar-refractivity contribution in [2.24, 2.45) is 5.73 Å². The van der Waals surface area contributed by atoms with E-state index in [1.54, 1.807) is 25.3 Å². The number of carbonyl (C=O) groups is 1. The zero-order valence-corrected chi connectivity index (χ0v) is 11.8. The van der Waals surface area contributed by atoms with Gasteiger partial charge in [0.15, 0.2) is 0 Å². The number of primary amides is 1. The highest BCUT2D eigenvalue weighted by molar-refractivity contribution is 5.93. The molecule has 0 saturated carbocycles. The zero-order chi connectivity index (χ0) is 15.2. The van der Waals surface area contributed by atoms with Gasteiger partial charge in [0.1, 0.15) is 5.75 Å². The Morgan fingerprint density at radius 1 is 1.10 bits per heavy atom. The molecule has 0 heterocycles. The molecule has 2 aromatic carbocycles. The number of nitrogens with two attached hydrogens (primary N) is 2. The molecule has 5 nitrogen and oxygen atoms in total. The smallest absolute Gasteiger partial charge is 0.248 e. The lowest BCUT2D eigenvalue weighted by Crippen LogP contribution is -2.11. The summed E-state index contributed by atoms with van der Waals surface area (Å²) in [4.78, 5) is 11.0. The van der Waals surface area contributed by atoms with Crippen LogP contribution >= 0.6 is 0 Å². The Labute approximate surface area is 123 Å². The van der Waals surface area contributed by atoms with Crippen molar-refractivity contribution >= 4 is 11.6 Å². The van der Waals surface area contributed by atoms with Crippen LogP contribution in [-0.4, -0.2) is 13.0 Å². The molecule has 0 aliphatic heterocycles. The van der Waals surface area contributed by atoms with Crippen LogP contribution < -0.4 is 16.2 Å². The molecule has 110 valence electrons. The van der Waals surface area contributed by atoms with Gasteiger partial charge in [0.05, 0.1) is 20.3 Å². The molecule has 0 fully saturated rings. The van der Waals surface area contributed by atoms with Gasteiger partial charge in [-0.05, 0) is 29.8 Å². The molecule has 1 amide bonds. The summed E-state index contributed by atoms with van der Waals surface area (Å²) in [6.07, 6.45) is 0. The molecule has 2 rings (SSSR count). The van der Waals surface area contributed by atoms with Crippen LogP contribution in [0.25, 0.3) is 0 Å². The normalized spacial score (nSPS) is 10.3. The molecular formula is C16H18N2O3. The quantitative estimate of drug-likeness (QED) is 0.796. The van der Waals surface area contributed by atoms with E-state index in [4.69, 9.17) is 20.9 Å². The van der Waals surface area contributed by atoms with Crippen LogP contribution in [0.3, 0.4) is 0 Å². The van der Waals surface area contributed by atoms with Gasteiger partial charge in [-0.2, -0.15) is 0 Å². The summed E-state index contributed by atoms with van der Waals surface area (Å²) in [5, 5.41) is 0. The van der Waals surface area contributed by atoms with Crippen molar-refractivity contribution in [2.75, 3.05) is 12.8 Å². The largest absolute Gasteiger partial charge is 0.497 e. The third kappa shape index (κ3) is 3.97. The number of ether oxygens (including phenoxy) is 2. The number of nitrogen functional groups attached to an aromatic ring is 1. The molecule has 0 aliphatic rings. The third-order valence-corrected chi connectivity index (χ3v) is 3.12. The second kappa shape index (κ2) is 6.76. The number of carbonyl (C=O) groups excluding carboxylic acids is 1. The summed E-state index contributed by atoms with van der Waals surface area (Å²) in [5.74, 6) is 0.317. The number of anilines is 1. The van der Waals surface area contributed by atoms with Crippen molar-refractivity contribution in [1.82, 2.24) is 0 Å². The van der Waals surface area contributed by atoms with Gasteiger partial charge in [-0.25, -0.2) is 0 Å². The fourth-order valence-electron chi connectivity index (χ4n) is 1.88. The Morgan fingerprint density at radius 3 is 2.38 bits per heavy atom. The maximum Gasteiger partial charge on any atom is 0.248 e. The summed E-state index contributed by atoms with van der Waals surface area (Å²) in [6.45, 7) is 0.845. The topological polar surface area (TPSA) is 87.6 Å². The van der Waals surface area contributed by atoms with Crippen LogP contribution in [0.4, 0.5) is 5.69 Å². The molecule has 4 N–H and O–H groups in total. The van der Waals surface area contributed by atoms with Gasteiger partial charge in [-0.1, -0.05) is 18.2 Å². The predicted octanol–water partition coefficient (Wildman–Crippen LogP) is 2.09. The van der Waals surface area contributed by atoms with E-state index in [9.17, 15) is 4.79 Å². The Balaban J connectivity index is 1.92. The Kier molecular flexibility index (Phi) is 4.79. The Bertz CT molecular complexity index is 624. The molecular weight excluding hydrogens is 268 g/mol. The van der Waals surface area contributed by atoms with Crippen molar-refractivity contribution in [3.63, 3.8) is 0 Å². The number of hydrogen-bond donors (Lipinski definition) is 2. The van der Waals surface area contributed by atoms with E-state index in [-0.39, 0.29) is 0 Å². The lowest BCUT2D eigenvalue weighted by atomic mass is 10.1. The highest BCUT2D eigenvalue weighted by atomic mass is 16.5. The highest BCUT2D eigenvalue weighted by Crippen LogP contribution is 2.17. The van der Waals surface area contributed by atoms with Crippen LogP contribution in [0.1, 0.15) is 21.5 Å². The average molecular weight is 286 g/mol. The Hall–Kier alpha value is -2.53. The molecule has 0 radical (unpaired) electrons. The van der Waals surface area contributed by atoms with E-state index in [0.29, 0.717) is 24.5 Å². The molecule has 21 heavy (non-hydrogen) atoms. The number of amides is 1. The third-order valence-electron chi connectivity index (χ3n) is 3.12. The van der Waals surface area contributed by atoms with Crippen molar-refractivity contribution in [1.29, 1.82) is 0 Å². The first-order valence-corrected chi connectivity index (χ1v) is 6.49. The van der Waals surface area contributed by atoms with Crippen LogP contribution in [0.5, 0.6) is 5.75 Å². The summed E-state index contributed by atoms with van der Waals surface area (Å²) in [5.41, 5.74) is 13.8. The first kappa shape index (κ1) is 14.9. The molecule has 0 aromatic heterocycles. The van der Waals surface area contributed by atoms with E-state index in [0.717, 1.165) is 16.9 Å². The van der Waals surface area contributed by atoms with Gasteiger partial charge >= 0.3 is 0 Å². The minimum Gasteiger partial charge on any atom is -0.497 e. The van der Waals surface area contributed by atoms with E-state index in [1.165, 1.54) is 0 Å². The van der Waals surface area contributed by atoms with Gasteiger partial charge in [0.2, 0.25) is 5.91 Å². The molecule has 0 spiro atoms. The van der Waals surface area contributed by atoms with Crippen LogP contribution in [0.2, 0.25) is 0 Å². The summed E-state index contributed by atoms with van der Waals surface area (Å²) < 4.78 is 10.7. The van der Waals surface area contributed by atoms with E-state index in [1.807, 2.05) is 24.3 Å². The summed E-state index contributed by atoms with van der Waals surface area (Å²) in [6, 6.07) is 12.6. The lowest BCUT2D eigenvalue weighted by molar-refractivity contribution is 0.0999. The van der Waals surface area contributed by atoms with Gasteiger partial charge in [0, 0.05) is 16.8 Å². The molecule has 0 unspecified atom stereocenters. The second-order valence-corrected chi connectivity index (χ2v) is 4.62. The van der Waals surface area contributed by atoms with E-state index in [2.05, 4.69) is 0 Å². The van der Waals surface area contributed by atoms with Crippen molar-refractivity contribution in [3.8, 4) is 5.75 Å². The Morgan fingerprint density at radius 2 is 1.81 bits per heavy atom. The molecule has 0 aliphatic carbocycles. The second-order valence-electron chi connectivity index (χ2n) is 4.62. The van der Waals surface area contributed by atoms with E-state index >= 15 is 0 Å². The molecule has 2 aromatic rings. The molecule has 0 bridgehead atoms. The number of rotatable bonds is 6. The van der Waals surface area contributed by atoms with Crippen LogP contribution in [0, 0.1) is 0 Å². The number of hydrogen-bond acceptors (Lipinski definition) is 4. The zero-order valence-electron chi connectivity index (χ0n) is 11.8. The van der Waals surface area contributed by atoms with Crippen molar-refractivity contribution in [2.45, 2.75) is 13.2 Å². The van der Waals surface area contributed by atoms with Gasteiger partial charge in [-0.3, -0.25) is 4.79 Å². The SMILES string of the molecule is COc1ccc(COCc2ccc(C(N)=O)cc2N)cc1. The summed E-state index contributed by atoms with van der Waals surface area (Å²) in [7, 11) is 1.63. The maximum absolute atomic E-state index is 11.0. The molecule has 0 saturated heterocycles. The van der Waals surface area contributed by atoms with Crippen molar-refractivity contribution in [3.05, 3.63) is 59.2 Å². The minimum absolute atomic E-state index is 0.372. The van der Waals surface area contributed by atoms with Crippen LogP contribution in [-0.2, 0) is 18.0 Å². The lowest BCUT2D eigenvalue weighted by Gasteiger charge is -2.09. The fourth-order valence-corrected chi connectivity index (χ4v) is 1.88. The predicted molar refractivity (Wildman–Crippen MR) is 80.9 cm³/mol. The van der Waals surface area contributed by atoms with Crippen molar-refractivity contribution < 1.29 is 14.3 Å². The van der Waals surface area contributed by atoms with Gasteiger partial charge in [0.25, 0.3) is 0 Å². The highest BCUT2D eigenvalue weighted by Gasteiger charge is 2.05. The first-order valence-electron chi connectivity index (χ1n) is 6.49. The minimum atomic E-state index is -0.493. The monoisotopic (exact) mass is 286 g/mol. The molecule has 0 atom stereocenters. The van der Waals surface area contributed by atoms with Crippen LogP contribution in [0.15, 0.2) is 42.5 Å². The molecule has 5 heteroatoms. The van der Waals surface area contributed by atoms with Gasteiger partial charge < -0.3 is 20.9 Å². The first-order chi connectivity index (χ1) is 10.1. The average Bonchev–Trinajstić information content (AvgIpc) is 2.49. The number of methoxy groups -OCH3 is 1.